The summed E-state index contributed by atoms with van der Waals surface area (Å²) in [5, 5.41) is 7.03. The molecule has 5 heteroatoms. The fraction of sp³-hybridized carbons (Fsp3) is 0.778. The smallest absolute Gasteiger partial charge is 0.191 e. The number of rotatable bonds is 6. The van der Waals surface area contributed by atoms with Gasteiger partial charge in [-0.15, -0.1) is 0 Å². The first kappa shape index (κ1) is 17.8. The minimum absolute atomic E-state index is 0.514. The van der Waals surface area contributed by atoms with Crippen molar-refractivity contribution in [2.75, 3.05) is 13.6 Å². The number of hydrogen-bond acceptors (Lipinski definition) is 2. The van der Waals surface area contributed by atoms with Gasteiger partial charge in [0, 0.05) is 38.6 Å². The van der Waals surface area contributed by atoms with Gasteiger partial charge in [0.25, 0.3) is 0 Å². The van der Waals surface area contributed by atoms with Crippen molar-refractivity contribution in [3.05, 3.63) is 18.2 Å². The number of hydrogen-bond donors (Lipinski definition) is 2. The maximum atomic E-state index is 4.36. The molecule has 2 rings (SSSR count). The second-order valence-corrected chi connectivity index (χ2v) is 7.46. The van der Waals surface area contributed by atoms with Gasteiger partial charge in [0.05, 0.1) is 0 Å². The first-order chi connectivity index (χ1) is 11.0. The van der Waals surface area contributed by atoms with Gasteiger partial charge in [0.1, 0.15) is 5.82 Å². The maximum absolute atomic E-state index is 4.36. The van der Waals surface area contributed by atoms with E-state index in [-0.39, 0.29) is 0 Å². The Labute approximate surface area is 141 Å². The van der Waals surface area contributed by atoms with E-state index < -0.39 is 0 Å². The number of imidazole rings is 1. The average molecular weight is 319 g/mol. The molecular formula is C18H33N5. The summed E-state index contributed by atoms with van der Waals surface area (Å²) in [7, 11) is 1.86. The van der Waals surface area contributed by atoms with E-state index in [0.29, 0.717) is 11.5 Å². The zero-order chi connectivity index (χ0) is 16.7. The van der Waals surface area contributed by atoms with E-state index in [1.807, 2.05) is 19.4 Å². The van der Waals surface area contributed by atoms with Crippen LogP contribution in [-0.4, -0.2) is 35.1 Å². The topological polar surface area (TPSA) is 54.2 Å². The molecule has 1 fully saturated rings. The molecule has 0 unspecified atom stereocenters. The van der Waals surface area contributed by atoms with Gasteiger partial charge in [-0.25, -0.2) is 4.98 Å². The molecule has 0 aliphatic heterocycles. The minimum atomic E-state index is 0.514. The van der Waals surface area contributed by atoms with Crippen LogP contribution in [0, 0.1) is 12.3 Å². The molecule has 1 aliphatic rings. The molecule has 5 nitrogen and oxygen atoms in total. The van der Waals surface area contributed by atoms with Crippen LogP contribution < -0.4 is 10.6 Å². The highest BCUT2D eigenvalue weighted by Crippen LogP contribution is 2.34. The lowest BCUT2D eigenvalue weighted by Gasteiger charge is -2.35. The van der Waals surface area contributed by atoms with Gasteiger partial charge in [0.2, 0.25) is 0 Å². The maximum Gasteiger partial charge on any atom is 0.191 e. The van der Waals surface area contributed by atoms with Crippen LogP contribution in [0.3, 0.4) is 0 Å². The molecule has 0 bridgehead atoms. The van der Waals surface area contributed by atoms with Crippen LogP contribution in [0.4, 0.5) is 0 Å². The van der Waals surface area contributed by atoms with Crippen molar-refractivity contribution in [1.29, 1.82) is 0 Å². The van der Waals surface area contributed by atoms with Gasteiger partial charge in [-0.3, -0.25) is 4.99 Å². The number of aromatic nitrogens is 2. The molecule has 1 aromatic heterocycles. The largest absolute Gasteiger partial charge is 0.356 e. The lowest BCUT2D eigenvalue weighted by atomic mass is 9.75. The predicted molar refractivity (Wildman–Crippen MR) is 96.7 cm³/mol. The second-order valence-electron chi connectivity index (χ2n) is 7.46. The van der Waals surface area contributed by atoms with Crippen LogP contribution in [0.15, 0.2) is 17.4 Å². The van der Waals surface area contributed by atoms with Crippen LogP contribution >= 0.6 is 0 Å². The van der Waals surface area contributed by atoms with Crippen LogP contribution in [0.25, 0.3) is 0 Å². The summed E-state index contributed by atoms with van der Waals surface area (Å²) in [5.74, 6) is 2.05. The molecule has 0 atom stereocenters. The summed E-state index contributed by atoms with van der Waals surface area (Å²) in [6.07, 6.45) is 11.3. The highest BCUT2D eigenvalue weighted by molar-refractivity contribution is 5.79. The Morgan fingerprint density at radius 3 is 2.70 bits per heavy atom. The summed E-state index contributed by atoms with van der Waals surface area (Å²) in [4.78, 5) is 8.61. The third kappa shape index (κ3) is 5.88. The van der Waals surface area contributed by atoms with E-state index in [2.05, 4.69) is 45.9 Å². The van der Waals surface area contributed by atoms with Crippen LogP contribution in [-0.2, 0) is 6.54 Å². The number of aliphatic imine (C=N–C) groups is 1. The van der Waals surface area contributed by atoms with E-state index in [1.54, 1.807) is 0 Å². The zero-order valence-corrected chi connectivity index (χ0v) is 15.2. The Balaban J connectivity index is 1.61. The van der Waals surface area contributed by atoms with Crippen molar-refractivity contribution in [2.24, 2.45) is 10.4 Å². The number of nitrogens with one attached hydrogen (secondary N) is 2. The molecule has 1 aliphatic carbocycles. The van der Waals surface area contributed by atoms with Gasteiger partial charge in [-0.1, -0.05) is 13.8 Å². The Morgan fingerprint density at radius 1 is 1.35 bits per heavy atom. The molecule has 0 amide bonds. The van der Waals surface area contributed by atoms with E-state index in [0.717, 1.165) is 37.7 Å². The standard InChI is InChI=1S/C18H33N5/c1-15-20-12-14-23(15)13-6-5-11-21-17(19-4)22-16-7-9-18(2,3)10-8-16/h12,14,16H,5-11,13H2,1-4H3,(H2,19,21,22). The van der Waals surface area contributed by atoms with E-state index in [1.165, 1.54) is 25.7 Å². The van der Waals surface area contributed by atoms with Crippen molar-refractivity contribution >= 4 is 5.96 Å². The third-order valence-corrected chi connectivity index (χ3v) is 4.95. The number of nitrogens with zero attached hydrogens (tertiary/aromatic N) is 3. The molecule has 1 aromatic rings. The SMILES string of the molecule is CN=C(NCCCCn1ccnc1C)NC1CCC(C)(C)CC1. The molecule has 1 heterocycles. The fourth-order valence-corrected chi connectivity index (χ4v) is 3.19. The second kappa shape index (κ2) is 8.37. The molecule has 0 spiro atoms. The number of unbranched alkanes of at least 4 members (excludes halogenated alkanes) is 1. The highest BCUT2D eigenvalue weighted by atomic mass is 15.2. The molecule has 1 saturated carbocycles. The van der Waals surface area contributed by atoms with Crippen molar-refractivity contribution in [1.82, 2.24) is 20.2 Å². The molecule has 0 saturated heterocycles. The van der Waals surface area contributed by atoms with Crippen LogP contribution in [0.5, 0.6) is 0 Å². The molecule has 2 N–H and O–H groups in total. The first-order valence-corrected chi connectivity index (χ1v) is 8.95. The first-order valence-electron chi connectivity index (χ1n) is 8.95. The zero-order valence-electron chi connectivity index (χ0n) is 15.2. The molecule has 130 valence electrons. The van der Waals surface area contributed by atoms with Crippen molar-refractivity contribution in [3.8, 4) is 0 Å². The average Bonchev–Trinajstić information content (AvgIpc) is 2.93. The summed E-state index contributed by atoms with van der Waals surface area (Å²) in [5.41, 5.74) is 0.514. The monoisotopic (exact) mass is 319 g/mol. The van der Waals surface area contributed by atoms with Crippen LogP contribution in [0.2, 0.25) is 0 Å². The molecule has 23 heavy (non-hydrogen) atoms. The van der Waals surface area contributed by atoms with Gasteiger partial charge < -0.3 is 15.2 Å². The normalized spacial score (nSPS) is 18.9. The van der Waals surface area contributed by atoms with E-state index >= 15 is 0 Å². The fourth-order valence-electron chi connectivity index (χ4n) is 3.19. The van der Waals surface area contributed by atoms with Gasteiger partial charge in [-0.05, 0) is 50.9 Å². The third-order valence-electron chi connectivity index (χ3n) is 4.95. The summed E-state index contributed by atoms with van der Waals surface area (Å²) in [6, 6.07) is 0.572. The van der Waals surface area contributed by atoms with E-state index in [4.69, 9.17) is 0 Å². The van der Waals surface area contributed by atoms with Gasteiger partial charge >= 0.3 is 0 Å². The van der Waals surface area contributed by atoms with Crippen molar-refractivity contribution < 1.29 is 0 Å². The van der Waals surface area contributed by atoms with Gasteiger partial charge in [0.15, 0.2) is 5.96 Å². The summed E-state index contributed by atoms with van der Waals surface area (Å²) in [6.45, 7) is 8.80. The lowest BCUT2D eigenvalue weighted by molar-refractivity contribution is 0.216. The van der Waals surface area contributed by atoms with Crippen molar-refractivity contribution in [2.45, 2.75) is 71.9 Å². The number of guanidine groups is 1. The summed E-state index contributed by atoms with van der Waals surface area (Å²) < 4.78 is 2.21. The summed E-state index contributed by atoms with van der Waals surface area (Å²) >= 11 is 0. The molecular weight excluding hydrogens is 286 g/mol. The van der Waals surface area contributed by atoms with Gasteiger partial charge in [-0.2, -0.15) is 0 Å². The van der Waals surface area contributed by atoms with Crippen LogP contribution in [0.1, 0.15) is 58.2 Å². The quantitative estimate of drug-likeness (QED) is 0.481. The molecule has 0 radical (unpaired) electrons. The number of aryl methyl sites for hydroxylation is 2. The Bertz CT molecular complexity index is 493. The Kier molecular flexibility index (Phi) is 6.48. The lowest BCUT2D eigenvalue weighted by Crippen LogP contribution is -2.45. The van der Waals surface area contributed by atoms with Crippen molar-refractivity contribution in [3.63, 3.8) is 0 Å². The van der Waals surface area contributed by atoms with E-state index in [9.17, 15) is 0 Å². The minimum Gasteiger partial charge on any atom is -0.356 e. The predicted octanol–water partition coefficient (Wildman–Crippen LogP) is 3.11. The highest BCUT2D eigenvalue weighted by Gasteiger charge is 2.26. The Morgan fingerprint density at radius 2 is 2.09 bits per heavy atom. The molecule has 0 aromatic carbocycles. The Hall–Kier alpha value is -1.52.